The van der Waals surface area contributed by atoms with E-state index in [4.69, 9.17) is 0 Å². The molecule has 5 nitrogen and oxygen atoms in total. The summed E-state index contributed by atoms with van der Waals surface area (Å²) in [6.45, 7) is 4.12. The van der Waals surface area contributed by atoms with Gasteiger partial charge in [-0.1, -0.05) is 11.3 Å². The number of aromatic nitrogens is 3. The first kappa shape index (κ1) is 13.7. The molecule has 1 N–H and O–H groups in total. The molecule has 1 amide bonds. The Balaban J connectivity index is 1.78. The third-order valence-corrected chi connectivity index (χ3v) is 3.94. The van der Waals surface area contributed by atoms with Gasteiger partial charge in [0.05, 0.1) is 17.9 Å². The van der Waals surface area contributed by atoms with Gasteiger partial charge in [-0.05, 0) is 38.1 Å². The summed E-state index contributed by atoms with van der Waals surface area (Å²) >= 11 is 1.51. The lowest BCUT2D eigenvalue weighted by atomic mass is 10.2. The van der Waals surface area contributed by atoms with Crippen molar-refractivity contribution in [3.63, 3.8) is 0 Å². The topological polar surface area (TPSA) is 59.3 Å². The first-order valence-electron chi connectivity index (χ1n) is 6.40. The van der Waals surface area contributed by atoms with E-state index in [1.165, 1.54) is 35.6 Å². The lowest BCUT2D eigenvalue weighted by Crippen LogP contribution is -2.24. The van der Waals surface area contributed by atoms with Gasteiger partial charge in [0, 0.05) is 5.56 Å². The number of hydrogen-bond acceptors (Lipinski definition) is 4. The van der Waals surface area contributed by atoms with Gasteiger partial charge in [-0.25, -0.2) is 13.9 Å². The van der Waals surface area contributed by atoms with E-state index in [0.717, 1.165) is 21.4 Å². The molecule has 0 saturated carbocycles. The third-order valence-electron chi connectivity index (χ3n) is 3.12. The molecule has 2 heterocycles. The quantitative estimate of drug-likeness (QED) is 0.808. The zero-order valence-electron chi connectivity index (χ0n) is 11.6. The maximum atomic E-state index is 12.8. The van der Waals surface area contributed by atoms with E-state index < -0.39 is 0 Å². The lowest BCUT2D eigenvalue weighted by molar-refractivity contribution is 0.0950. The van der Waals surface area contributed by atoms with Crippen LogP contribution in [-0.2, 0) is 6.54 Å². The molecule has 1 aromatic carbocycles. The van der Waals surface area contributed by atoms with Gasteiger partial charge in [-0.3, -0.25) is 4.79 Å². The van der Waals surface area contributed by atoms with E-state index in [9.17, 15) is 9.18 Å². The van der Waals surface area contributed by atoms with Crippen molar-refractivity contribution in [3.8, 4) is 0 Å². The summed E-state index contributed by atoms with van der Waals surface area (Å²) in [6.07, 6.45) is 0. The Morgan fingerprint density at radius 1 is 1.33 bits per heavy atom. The standard InChI is InChI=1S/C14H13FN4OS/c1-8-12(19-14(17-8)21-9(2)18-19)7-16-13(20)10-3-5-11(15)6-4-10/h3-6H,7H2,1-2H3,(H,16,20). The Morgan fingerprint density at radius 3 is 2.76 bits per heavy atom. The van der Waals surface area contributed by atoms with Crippen LogP contribution in [0.2, 0.25) is 0 Å². The summed E-state index contributed by atoms with van der Waals surface area (Å²) in [5.41, 5.74) is 2.11. The van der Waals surface area contributed by atoms with Crippen LogP contribution in [0.15, 0.2) is 24.3 Å². The van der Waals surface area contributed by atoms with E-state index in [0.29, 0.717) is 12.1 Å². The van der Waals surface area contributed by atoms with Crippen LogP contribution in [0.5, 0.6) is 0 Å². The molecule has 0 radical (unpaired) electrons. The number of benzene rings is 1. The van der Waals surface area contributed by atoms with Crippen LogP contribution in [0, 0.1) is 19.7 Å². The average Bonchev–Trinajstić information content (AvgIpc) is 2.92. The summed E-state index contributed by atoms with van der Waals surface area (Å²) in [4.78, 5) is 17.3. The van der Waals surface area contributed by atoms with E-state index in [1.54, 1.807) is 4.52 Å². The number of rotatable bonds is 3. The largest absolute Gasteiger partial charge is 0.346 e. The molecule has 21 heavy (non-hydrogen) atoms. The summed E-state index contributed by atoms with van der Waals surface area (Å²) in [7, 11) is 0. The minimum Gasteiger partial charge on any atom is -0.346 e. The van der Waals surface area contributed by atoms with Crippen LogP contribution < -0.4 is 5.32 Å². The number of carbonyl (C=O) groups is 1. The van der Waals surface area contributed by atoms with Gasteiger partial charge in [0.25, 0.3) is 5.91 Å². The highest BCUT2D eigenvalue weighted by atomic mass is 32.1. The second-order valence-corrected chi connectivity index (χ2v) is 5.81. The highest BCUT2D eigenvalue weighted by Gasteiger charge is 2.14. The number of halogens is 1. The van der Waals surface area contributed by atoms with Crippen molar-refractivity contribution in [2.24, 2.45) is 0 Å². The molecule has 0 bridgehead atoms. The molecule has 0 fully saturated rings. The maximum absolute atomic E-state index is 12.8. The maximum Gasteiger partial charge on any atom is 0.251 e. The molecule has 0 aliphatic carbocycles. The predicted octanol–water partition coefficient (Wildman–Crippen LogP) is 2.48. The minimum absolute atomic E-state index is 0.253. The molecule has 7 heteroatoms. The van der Waals surface area contributed by atoms with E-state index >= 15 is 0 Å². The van der Waals surface area contributed by atoms with Crippen LogP contribution in [0.25, 0.3) is 4.96 Å². The Bertz CT molecular complexity index is 806. The van der Waals surface area contributed by atoms with Crippen molar-refractivity contribution >= 4 is 22.2 Å². The first-order chi connectivity index (χ1) is 10.0. The molecule has 2 aromatic heterocycles. The van der Waals surface area contributed by atoms with Crippen molar-refractivity contribution in [2.45, 2.75) is 20.4 Å². The Morgan fingerprint density at radius 2 is 2.05 bits per heavy atom. The Labute approximate surface area is 124 Å². The van der Waals surface area contributed by atoms with Crippen LogP contribution in [-0.4, -0.2) is 20.5 Å². The highest BCUT2D eigenvalue weighted by molar-refractivity contribution is 7.16. The second-order valence-electron chi connectivity index (χ2n) is 4.65. The van der Waals surface area contributed by atoms with Gasteiger partial charge in [0.2, 0.25) is 4.96 Å². The summed E-state index contributed by atoms with van der Waals surface area (Å²) in [5, 5.41) is 8.09. The predicted molar refractivity (Wildman–Crippen MR) is 77.9 cm³/mol. The summed E-state index contributed by atoms with van der Waals surface area (Å²) in [5.74, 6) is -0.617. The van der Waals surface area contributed by atoms with E-state index in [2.05, 4.69) is 15.4 Å². The van der Waals surface area contributed by atoms with Crippen molar-refractivity contribution < 1.29 is 9.18 Å². The lowest BCUT2D eigenvalue weighted by Gasteiger charge is -2.05. The number of imidazole rings is 1. The molecule has 0 aliphatic rings. The molecular formula is C14H13FN4OS. The van der Waals surface area contributed by atoms with Gasteiger partial charge < -0.3 is 5.32 Å². The number of carbonyl (C=O) groups excluding carboxylic acids is 1. The molecule has 3 aromatic rings. The van der Waals surface area contributed by atoms with Gasteiger partial charge >= 0.3 is 0 Å². The van der Waals surface area contributed by atoms with Gasteiger partial charge in [0.1, 0.15) is 10.8 Å². The molecular weight excluding hydrogens is 291 g/mol. The van der Waals surface area contributed by atoms with Crippen LogP contribution >= 0.6 is 11.3 Å². The molecule has 0 spiro atoms. The van der Waals surface area contributed by atoms with E-state index in [-0.39, 0.29) is 11.7 Å². The van der Waals surface area contributed by atoms with Crippen molar-refractivity contribution in [3.05, 3.63) is 52.0 Å². The number of amides is 1. The number of aryl methyl sites for hydroxylation is 2. The molecule has 0 unspecified atom stereocenters. The Kier molecular flexibility index (Phi) is 3.42. The van der Waals surface area contributed by atoms with Gasteiger partial charge in [0.15, 0.2) is 0 Å². The fourth-order valence-electron chi connectivity index (χ4n) is 2.06. The van der Waals surface area contributed by atoms with Crippen LogP contribution in [0.3, 0.4) is 0 Å². The van der Waals surface area contributed by atoms with Crippen LogP contribution in [0.4, 0.5) is 4.39 Å². The van der Waals surface area contributed by atoms with Crippen molar-refractivity contribution in [1.29, 1.82) is 0 Å². The normalized spacial score (nSPS) is 11.0. The Hall–Kier alpha value is -2.28. The number of nitrogens with zero attached hydrogens (tertiary/aromatic N) is 3. The SMILES string of the molecule is Cc1nn2c(CNC(=O)c3ccc(F)cc3)c(C)nc2s1. The molecule has 0 aliphatic heterocycles. The summed E-state index contributed by atoms with van der Waals surface area (Å²) < 4.78 is 14.6. The van der Waals surface area contributed by atoms with Crippen molar-refractivity contribution in [2.75, 3.05) is 0 Å². The third kappa shape index (κ3) is 2.64. The fraction of sp³-hybridized carbons (Fsp3) is 0.214. The molecule has 3 rings (SSSR count). The first-order valence-corrected chi connectivity index (χ1v) is 7.21. The second kappa shape index (κ2) is 5.25. The smallest absolute Gasteiger partial charge is 0.251 e. The zero-order valence-corrected chi connectivity index (χ0v) is 12.4. The molecule has 108 valence electrons. The molecule has 0 saturated heterocycles. The van der Waals surface area contributed by atoms with Crippen LogP contribution in [0.1, 0.15) is 26.8 Å². The molecule has 0 atom stereocenters. The number of fused-ring (bicyclic) bond motifs is 1. The summed E-state index contributed by atoms with van der Waals surface area (Å²) in [6, 6.07) is 5.44. The van der Waals surface area contributed by atoms with Gasteiger partial charge in [-0.15, -0.1) is 0 Å². The monoisotopic (exact) mass is 304 g/mol. The number of nitrogens with one attached hydrogen (secondary N) is 1. The average molecular weight is 304 g/mol. The van der Waals surface area contributed by atoms with Crippen molar-refractivity contribution in [1.82, 2.24) is 19.9 Å². The highest BCUT2D eigenvalue weighted by Crippen LogP contribution is 2.17. The minimum atomic E-state index is -0.363. The van der Waals surface area contributed by atoms with Gasteiger partial charge in [-0.2, -0.15) is 5.10 Å². The fourth-order valence-corrected chi connectivity index (χ4v) is 2.86. The van der Waals surface area contributed by atoms with E-state index in [1.807, 2.05) is 13.8 Å². The number of hydrogen-bond donors (Lipinski definition) is 1. The zero-order chi connectivity index (χ0) is 15.0.